The van der Waals surface area contributed by atoms with Gasteiger partial charge in [0, 0.05) is 38.3 Å². The van der Waals surface area contributed by atoms with Crippen molar-refractivity contribution in [1.29, 1.82) is 0 Å². The van der Waals surface area contributed by atoms with Crippen LogP contribution in [0.25, 0.3) is 10.9 Å². The molecule has 0 unspecified atom stereocenters. The fourth-order valence-electron chi connectivity index (χ4n) is 3.55. The van der Waals surface area contributed by atoms with Crippen LogP contribution in [0.2, 0.25) is 0 Å². The first-order valence-electron chi connectivity index (χ1n) is 10.4. The Bertz CT molecular complexity index is 1090. The van der Waals surface area contributed by atoms with Gasteiger partial charge in [0.15, 0.2) is 6.61 Å². The van der Waals surface area contributed by atoms with Crippen molar-refractivity contribution >= 4 is 34.2 Å². The number of nitrogens with zero attached hydrogens (tertiary/aromatic N) is 3. The number of carbonyl (C=O) groups excluding carboxylic acids is 2. The summed E-state index contributed by atoms with van der Waals surface area (Å²) in [6, 6.07) is 16.7. The Labute approximate surface area is 181 Å². The first-order chi connectivity index (χ1) is 15.0. The van der Waals surface area contributed by atoms with E-state index in [-0.39, 0.29) is 18.4 Å². The van der Waals surface area contributed by atoms with Gasteiger partial charge in [-0.1, -0.05) is 18.2 Å². The molecule has 1 N–H and O–H groups in total. The number of ether oxygens (including phenoxy) is 1. The molecule has 4 rings (SSSR count). The zero-order valence-electron chi connectivity index (χ0n) is 17.8. The van der Waals surface area contributed by atoms with Crippen LogP contribution in [0.15, 0.2) is 54.6 Å². The number of nitrogens with one attached hydrogen (secondary N) is 1. The molecule has 7 heteroatoms. The van der Waals surface area contributed by atoms with E-state index in [1.54, 1.807) is 38.4 Å². The van der Waals surface area contributed by atoms with Gasteiger partial charge in [0.25, 0.3) is 11.8 Å². The van der Waals surface area contributed by atoms with Gasteiger partial charge in [-0.05, 0) is 49.2 Å². The molecule has 1 aliphatic heterocycles. The minimum absolute atomic E-state index is 0.0271. The minimum Gasteiger partial charge on any atom is -0.484 e. The molecule has 160 valence electrons. The van der Waals surface area contributed by atoms with Crippen LogP contribution in [-0.4, -0.2) is 55.5 Å². The molecule has 1 saturated heterocycles. The highest BCUT2D eigenvalue weighted by molar-refractivity contribution is 6.09. The quantitative estimate of drug-likeness (QED) is 0.663. The summed E-state index contributed by atoms with van der Waals surface area (Å²) in [7, 11) is 3.37. The highest BCUT2D eigenvalue weighted by Gasteiger charge is 2.22. The van der Waals surface area contributed by atoms with Gasteiger partial charge in [-0.15, -0.1) is 0 Å². The molecule has 2 amide bonds. The molecule has 0 spiro atoms. The lowest BCUT2D eigenvalue weighted by Gasteiger charge is -2.20. The number of para-hydroxylation sites is 1. The largest absolute Gasteiger partial charge is 0.484 e. The molecule has 0 atom stereocenters. The molecule has 31 heavy (non-hydrogen) atoms. The third kappa shape index (κ3) is 4.77. The monoisotopic (exact) mass is 418 g/mol. The summed E-state index contributed by atoms with van der Waals surface area (Å²) >= 11 is 0. The summed E-state index contributed by atoms with van der Waals surface area (Å²) in [5.41, 5.74) is 2.10. The van der Waals surface area contributed by atoms with Crippen molar-refractivity contribution in [3.8, 4) is 5.75 Å². The summed E-state index contributed by atoms with van der Waals surface area (Å²) in [4.78, 5) is 33.3. The predicted octanol–water partition coefficient (Wildman–Crippen LogP) is 3.55. The Morgan fingerprint density at radius 1 is 1.06 bits per heavy atom. The number of hydrogen-bond donors (Lipinski definition) is 1. The van der Waals surface area contributed by atoms with Crippen molar-refractivity contribution in [3.63, 3.8) is 0 Å². The van der Waals surface area contributed by atoms with Crippen LogP contribution in [0, 0.1) is 0 Å². The Morgan fingerprint density at radius 3 is 2.48 bits per heavy atom. The zero-order valence-corrected chi connectivity index (χ0v) is 17.8. The van der Waals surface area contributed by atoms with Crippen molar-refractivity contribution in [1.82, 2.24) is 9.88 Å². The van der Waals surface area contributed by atoms with Gasteiger partial charge in [0.2, 0.25) is 0 Å². The lowest BCUT2D eigenvalue weighted by Crippen LogP contribution is -2.27. The lowest BCUT2D eigenvalue weighted by atomic mass is 10.1. The maximum atomic E-state index is 13.2. The van der Waals surface area contributed by atoms with E-state index in [1.165, 1.54) is 4.90 Å². The second kappa shape index (κ2) is 9.04. The van der Waals surface area contributed by atoms with Gasteiger partial charge < -0.3 is 19.9 Å². The van der Waals surface area contributed by atoms with E-state index >= 15 is 0 Å². The summed E-state index contributed by atoms with van der Waals surface area (Å²) in [5, 5.41) is 3.90. The fourth-order valence-corrected chi connectivity index (χ4v) is 3.55. The van der Waals surface area contributed by atoms with Crippen LogP contribution in [-0.2, 0) is 4.79 Å². The second-order valence-electron chi connectivity index (χ2n) is 7.80. The van der Waals surface area contributed by atoms with E-state index in [2.05, 4.69) is 10.2 Å². The van der Waals surface area contributed by atoms with Crippen molar-refractivity contribution in [2.75, 3.05) is 44.0 Å². The van der Waals surface area contributed by atoms with Gasteiger partial charge in [0.1, 0.15) is 11.6 Å². The van der Waals surface area contributed by atoms with Crippen LogP contribution < -0.4 is 15.0 Å². The van der Waals surface area contributed by atoms with Gasteiger partial charge in [0.05, 0.1) is 11.1 Å². The van der Waals surface area contributed by atoms with E-state index in [0.717, 1.165) is 42.7 Å². The van der Waals surface area contributed by atoms with Crippen LogP contribution >= 0.6 is 0 Å². The molecule has 1 aromatic heterocycles. The Balaban J connectivity index is 1.52. The summed E-state index contributed by atoms with van der Waals surface area (Å²) in [6.07, 6.45) is 2.21. The fraction of sp³-hybridized carbons (Fsp3) is 0.292. The van der Waals surface area contributed by atoms with Crippen molar-refractivity contribution in [3.05, 3.63) is 60.2 Å². The molecule has 0 aliphatic carbocycles. The normalized spacial score (nSPS) is 13.3. The van der Waals surface area contributed by atoms with Crippen molar-refractivity contribution < 1.29 is 14.3 Å². The maximum absolute atomic E-state index is 13.2. The number of likely N-dealkylation sites (N-methyl/N-ethyl adjacent to an activating group) is 1. The number of aromatic nitrogens is 1. The molecule has 1 aliphatic rings. The number of hydrogen-bond acceptors (Lipinski definition) is 5. The molecule has 3 aromatic rings. The molecule has 1 fully saturated rings. The number of amides is 2. The van der Waals surface area contributed by atoms with Gasteiger partial charge >= 0.3 is 0 Å². The van der Waals surface area contributed by atoms with Gasteiger partial charge in [-0.3, -0.25) is 9.59 Å². The number of rotatable bonds is 6. The highest BCUT2D eigenvalue weighted by atomic mass is 16.5. The molecule has 7 nitrogen and oxygen atoms in total. The Kier molecular flexibility index (Phi) is 6.02. The van der Waals surface area contributed by atoms with Crippen LogP contribution in [0.5, 0.6) is 5.75 Å². The van der Waals surface area contributed by atoms with E-state index in [9.17, 15) is 9.59 Å². The second-order valence-corrected chi connectivity index (χ2v) is 7.80. The molecule has 0 radical (unpaired) electrons. The third-order valence-corrected chi connectivity index (χ3v) is 5.33. The Morgan fingerprint density at radius 2 is 1.77 bits per heavy atom. The number of anilines is 2. The summed E-state index contributed by atoms with van der Waals surface area (Å²) < 4.78 is 5.49. The number of carbonyl (C=O) groups is 2. The molecule has 0 saturated carbocycles. The smallest absolute Gasteiger partial charge is 0.259 e. The minimum atomic E-state index is -0.198. The molecule has 2 aromatic carbocycles. The molecule has 0 bridgehead atoms. The average Bonchev–Trinajstić information content (AvgIpc) is 3.32. The van der Waals surface area contributed by atoms with Gasteiger partial charge in [-0.2, -0.15) is 0 Å². The topological polar surface area (TPSA) is 74.8 Å². The number of pyridine rings is 1. The van der Waals surface area contributed by atoms with Crippen molar-refractivity contribution in [2.45, 2.75) is 12.8 Å². The van der Waals surface area contributed by atoms with E-state index in [0.29, 0.717) is 17.0 Å². The average molecular weight is 418 g/mol. The lowest BCUT2D eigenvalue weighted by molar-refractivity contribution is -0.130. The third-order valence-electron chi connectivity index (χ3n) is 5.33. The highest BCUT2D eigenvalue weighted by Crippen LogP contribution is 2.27. The number of benzene rings is 2. The van der Waals surface area contributed by atoms with E-state index in [4.69, 9.17) is 9.72 Å². The van der Waals surface area contributed by atoms with Crippen LogP contribution in [0.1, 0.15) is 23.2 Å². The SMILES string of the molecule is CN(C)C(=O)COc1ccc(NC(=O)c2cc3ccccc3nc2N2CCCC2)cc1. The standard InChI is InChI=1S/C24H26N4O3/c1-27(2)22(29)16-31-19-11-9-18(10-12-19)25-24(30)20-15-17-7-3-4-8-21(17)26-23(20)28-13-5-6-14-28/h3-4,7-12,15H,5-6,13-14,16H2,1-2H3,(H,25,30). The first-order valence-corrected chi connectivity index (χ1v) is 10.4. The molecular formula is C24H26N4O3. The van der Waals surface area contributed by atoms with E-state index < -0.39 is 0 Å². The van der Waals surface area contributed by atoms with E-state index in [1.807, 2.05) is 30.3 Å². The zero-order chi connectivity index (χ0) is 21.8. The van der Waals surface area contributed by atoms with Crippen LogP contribution in [0.3, 0.4) is 0 Å². The molecule has 2 heterocycles. The van der Waals surface area contributed by atoms with Gasteiger partial charge in [-0.25, -0.2) is 4.98 Å². The summed E-state index contributed by atoms with van der Waals surface area (Å²) in [6.45, 7) is 1.79. The maximum Gasteiger partial charge on any atom is 0.259 e. The molecular weight excluding hydrogens is 392 g/mol. The van der Waals surface area contributed by atoms with Crippen molar-refractivity contribution in [2.24, 2.45) is 0 Å². The summed E-state index contributed by atoms with van der Waals surface area (Å²) in [5.74, 6) is 0.987. The first kappa shape index (κ1) is 20.7. The predicted molar refractivity (Wildman–Crippen MR) is 122 cm³/mol. The Hall–Kier alpha value is -3.61. The van der Waals surface area contributed by atoms with Crippen LogP contribution in [0.4, 0.5) is 11.5 Å². The number of fused-ring (bicyclic) bond motifs is 1.